The van der Waals surface area contributed by atoms with E-state index in [-0.39, 0.29) is 0 Å². The van der Waals surface area contributed by atoms with Crippen molar-refractivity contribution in [2.75, 3.05) is 38.6 Å². The van der Waals surface area contributed by atoms with Crippen LogP contribution >= 0.6 is 11.6 Å². The van der Waals surface area contributed by atoms with Crippen molar-refractivity contribution in [3.05, 3.63) is 22.8 Å². The van der Waals surface area contributed by atoms with Crippen LogP contribution in [0.4, 0.5) is 5.82 Å². The number of nitrogens with zero attached hydrogens (tertiary/aromatic N) is 3. The van der Waals surface area contributed by atoms with Gasteiger partial charge in [0, 0.05) is 31.9 Å². The first-order chi connectivity index (χ1) is 9.61. The summed E-state index contributed by atoms with van der Waals surface area (Å²) < 4.78 is 0. The predicted molar refractivity (Wildman–Crippen MR) is 85.5 cm³/mol. The van der Waals surface area contributed by atoms with E-state index in [1.807, 2.05) is 12.3 Å². The van der Waals surface area contributed by atoms with Crippen LogP contribution in [-0.2, 0) is 6.54 Å². The molecule has 112 valence electrons. The number of rotatable bonds is 6. The van der Waals surface area contributed by atoms with Crippen LogP contribution in [0, 0.1) is 0 Å². The summed E-state index contributed by atoms with van der Waals surface area (Å²) in [5.41, 5.74) is 1.15. The molecule has 0 bridgehead atoms. The van der Waals surface area contributed by atoms with Gasteiger partial charge in [-0.05, 0) is 45.1 Å². The van der Waals surface area contributed by atoms with Crippen LogP contribution in [0.3, 0.4) is 0 Å². The summed E-state index contributed by atoms with van der Waals surface area (Å²) in [6.07, 6.45) is 4.25. The average molecular weight is 297 g/mol. The Hall–Kier alpha value is -0.840. The van der Waals surface area contributed by atoms with Gasteiger partial charge in [-0.1, -0.05) is 18.5 Å². The molecule has 1 aromatic heterocycles. The van der Waals surface area contributed by atoms with E-state index in [0.29, 0.717) is 6.04 Å². The van der Waals surface area contributed by atoms with Crippen LogP contribution in [0.2, 0.25) is 5.02 Å². The quantitative estimate of drug-likeness (QED) is 0.817. The van der Waals surface area contributed by atoms with Gasteiger partial charge in [0.2, 0.25) is 0 Å². The van der Waals surface area contributed by atoms with E-state index < -0.39 is 0 Å². The van der Waals surface area contributed by atoms with Gasteiger partial charge in [0.15, 0.2) is 0 Å². The maximum Gasteiger partial charge on any atom is 0.147 e. The third-order valence-corrected chi connectivity index (χ3v) is 4.11. The lowest BCUT2D eigenvalue weighted by molar-refractivity contribution is 0.315. The van der Waals surface area contributed by atoms with Gasteiger partial charge in [-0.15, -0.1) is 0 Å². The molecule has 1 aliphatic rings. The van der Waals surface area contributed by atoms with E-state index in [2.05, 4.69) is 41.1 Å². The lowest BCUT2D eigenvalue weighted by Gasteiger charge is -2.22. The average Bonchev–Trinajstić information content (AvgIpc) is 2.89. The second-order valence-corrected chi connectivity index (χ2v) is 6.09. The Kier molecular flexibility index (Phi) is 5.64. The molecular weight excluding hydrogens is 272 g/mol. The summed E-state index contributed by atoms with van der Waals surface area (Å²) in [7, 11) is 4.26. The fourth-order valence-corrected chi connectivity index (χ4v) is 2.87. The largest absolute Gasteiger partial charge is 0.354 e. The number of pyridine rings is 1. The Morgan fingerprint density at radius 3 is 2.90 bits per heavy atom. The number of nitrogens with one attached hydrogen (secondary N) is 1. The van der Waals surface area contributed by atoms with Gasteiger partial charge in [-0.25, -0.2) is 4.98 Å². The topological polar surface area (TPSA) is 31.4 Å². The van der Waals surface area contributed by atoms with Crippen molar-refractivity contribution < 1.29 is 0 Å². The highest BCUT2D eigenvalue weighted by Gasteiger charge is 2.26. The zero-order valence-corrected chi connectivity index (χ0v) is 13.5. The second kappa shape index (κ2) is 7.25. The standard InChI is InChI=1S/C15H25ClN4/c1-4-6-17-9-12-8-14(16)15(18-10-12)20-7-5-13(11-20)19(2)3/h8,10,13,17H,4-7,9,11H2,1-3H3. The maximum atomic E-state index is 6.40. The number of anilines is 1. The van der Waals surface area contributed by atoms with Crippen molar-refractivity contribution in [2.24, 2.45) is 0 Å². The molecule has 1 aromatic rings. The van der Waals surface area contributed by atoms with Crippen molar-refractivity contribution in [3.8, 4) is 0 Å². The SMILES string of the molecule is CCCNCc1cnc(N2CCC(N(C)C)C2)c(Cl)c1. The van der Waals surface area contributed by atoms with Gasteiger partial charge in [0.05, 0.1) is 5.02 Å². The number of hydrogen-bond acceptors (Lipinski definition) is 4. The monoisotopic (exact) mass is 296 g/mol. The predicted octanol–water partition coefficient (Wildman–Crippen LogP) is 2.37. The van der Waals surface area contributed by atoms with Crippen LogP contribution in [0.15, 0.2) is 12.3 Å². The molecule has 0 radical (unpaired) electrons. The molecule has 5 heteroatoms. The summed E-state index contributed by atoms with van der Waals surface area (Å²) in [6.45, 7) is 6.06. The fourth-order valence-electron chi connectivity index (χ4n) is 2.56. The minimum absolute atomic E-state index is 0.596. The van der Waals surface area contributed by atoms with Crippen LogP contribution in [-0.4, -0.2) is 49.7 Å². The molecular formula is C15H25ClN4. The molecule has 20 heavy (non-hydrogen) atoms. The zero-order valence-electron chi connectivity index (χ0n) is 12.7. The molecule has 2 heterocycles. The molecule has 0 spiro atoms. The number of halogens is 1. The highest BCUT2D eigenvalue weighted by molar-refractivity contribution is 6.33. The van der Waals surface area contributed by atoms with Crippen molar-refractivity contribution in [3.63, 3.8) is 0 Å². The minimum atomic E-state index is 0.596. The lowest BCUT2D eigenvalue weighted by atomic mass is 10.2. The van der Waals surface area contributed by atoms with Crippen LogP contribution in [0.25, 0.3) is 0 Å². The van der Waals surface area contributed by atoms with Gasteiger partial charge in [-0.2, -0.15) is 0 Å². The molecule has 1 atom stereocenters. The maximum absolute atomic E-state index is 6.40. The fraction of sp³-hybridized carbons (Fsp3) is 0.667. The summed E-state index contributed by atoms with van der Waals surface area (Å²) in [5.74, 6) is 0.926. The van der Waals surface area contributed by atoms with Crippen molar-refractivity contribution in [1.29, 1.82) is 0 Å². The molecule has 0 aliphatic carbocycles. The molecule has 0 amide bonds. The van der Waals surface area contributed by atoms with E-state index >= 15 is 0 Å². The van der Waals surface area contributed by atoms with Gasteiger partial charge in [0.1, 0.15) is 5.82 Å². The first-order valence-corrected chi connectivity index (χ1v) is 7.76. The van der Waals surface area contributed by atoms with Gasteiger partial charge < -0.3 is 15.1 Å². The number of likely N-dealkylation sites (N-methyl/N-ethyl adjacent to an activating group) is 1. The first kappa shape index (κ1) is 15.5. The van der Waals surface area contributed by atoms with E-state index in [1.54, 1.807) is 0 Å². The molecule has 0 aromatic carbocycles. The summed E-state index contributed by atoms with van der Waals surface area (Å²) in [5, 5.41) is 4.13. The molecule has 1 saturated heterocycles. The van der Waals surface area contributed by atoms with E-state index in [4.69, 9.17) is 11.6 Å². The Bertz CT molecular complexity index is 436. The molecule has 0 saturated carbocycles. The van der Waals surface area contributed by atoms with Crippen molar-refractivity contribution in [1.82, 2.24) is 15.2 Å². The summed E-state index contributed by atoms with van der Waals surface area (Å²) in [6, 6.07) is 2.63. The minimum Gasteiger partial charge on any atom is -0.354 e. The number of hydrogen-bond donors (Lipinski definition) is 1. The zero-order chi connectivity index (χ0) is 14.5. The number of aromatic nitrogens is 1. The Labute approximate surface area is 127 Å². The van der Waals surface area contributed by atoms with Crippen molar-refractivity contribution in [2.45, 2.75) is 32.4 Å². The van der Waals surface area contributed by atoms with E-state index in [1.165, 1.54) is 6.42 Å². The molecule has 1 aliphatic heterocycles. The summed E-state index contributed by atoms with van der Waals surface area (Å²) in [4.78, 5) is 9.13. The van der Waals surface area contributed by atoms with E-state index in [9.17, 15) is 0 Å². The molecule has 1 unspecified atom stereocenters. The Morgan fingerprint density at radius 1 is 1.50 bits per heavy atom. The third kappa shape index (κ3) is 3.84. The van der Waals surface area contributed by atoms with Gasteiger partial charge in [0.25, 0.3) is 0 Å². The molecule has 2 rings (SSSR count). The summed E-state index contributed by atoms with van der Waals surface area (Å²) >= 11 is 6.40. The smallest absolute Gasteiger partial charge is 0.147 e. The highest BCUT2D eigenvalue weighted by Crippen LogP contribution is 2.28. The van der Waals surface area contributed by atoms with E-state index in [0.717, 1.165) is 49.0 Å². The lowest BCUT2D eigenvalue weighted by Crippen LogP contribution is -2.31. The van der Waals surface area contributed by atoms with Gasteiger partial charge in [-0.3, -0.25) is 0 Å². The van der Waals surface area contributed by atoms with Gasteiger partial charge >= 0.3 is 0 Å². The molecule has 1 N–H and O–H groups in total. The second-order valence-electron chi connectivity index (χ2n) is 5.68. The normalized spacial score (nSPS) is 19.1. The first-order valence-electron chi connectivity index (χ1n) is 7.38. The molecule has 4 nitrogen and oxygen atoms in total. The third-order valence-electron chi connectivity index (χ3n) is 3.83. The van der Waals surface area contributed by atoms with Crippen LogP contribution < -0.4 is 10.2 Å². The Balaban J connectivity index is 1.99. The van der Waals surface area contributed by atoms with Crippen LogP contribution in [0.1, 0.15) is 25.3 Å². The highest BCUT2D eigenvalue weighted by atomic mass is 35.5. The Morgan fingerprint density at radius 2 is 2.30 bits per heavy atom. The van der Waals surface area contributed by atoms with Crippen LogP contribution in [0.5, 0.6) is 0 Å². The van der Waals surface area contributed by atoms with Crippen molar-refractivity contribution >= 4 is 17.4 Å². The molecule has 1 fully saturated rings.